The predicted molar refractivity (Wildman–Crippen MR) is 136 cm³/mol. The van der Waals surface area contributed by atoms with Crippen LogP contribution in [0.15, 0.2) is 77.7 Å². The molecule has 0 aliphatic carbocycles. The molecule has 1 amide bonds. The van der Waals surface area contributed by atoms with Crippen LogP contribution in [0.25, 0.3) is 0 Å². The van der Waals surface area contributed by atoms with Crippen molar-refractivity contribution in [3.05, 3.63) is 83.4 Å². The molecule has 1 heterocycles. The van der Waals surface area contributed by atoms with Gasteiger partial charge >= 0.3 is 0 Å². The van der Waals surface area contributed by atoms with Crippen molar-refractivity contribution in [1.82, 2.24) is 5.32 Å². The Labute approximate surface area is 210 Å². The molecule has 0 radical (unpaired) electrons. The zero-order valence-electron chi connectivity index (χ0n) is 19.5. The minimum absolute atomic E-state index is 0.115. The number of fused-ring (bicyclic) bond motifs is 1. The van der Waals surface area contributed by atoms with Gasteiger partial charge < -0.3 is 14.8 Å². The zero-order valence-corrected chi connectivity index (χ0v) is 21.1. The summed E-state index contributed by atoms with van der Waals surface area (Å²) in [5.41, 5.74) is 1.38. The van der Waals surface area contributed by atoms with Crippen molar-refractivity contribution in [2.45, 2.75) is 30.8 Å². The van der Waals surface area contributed by atoms with Crippen LogP contribution in [0.2, 0.25) is 5.02 Å². The van der Waals surface area contributed by atoms with Gasteiger partial charge in [-0.3, -0.25) is 9.10 Å². The molecule has 0 bridgehead atoms. The van der Waals surface area contributed by atoms with E-state index in [2.05, 4.69) is 19.2 Å². The number of hydrogen-bond donors (Lipinski definition) is 1. The number of nitrogens with one attached hydrogen (secondary N) is 1. The average molecular weight is 515 g/mol. The van der Waals surface area contributed by atoms with Crippen LogP contribution in [0, 0.1) is 0 Å². The second-order valence-electron chi connectivity index (χ2n) is 8.40. The van der Waals surface area contributed by atoms with Crippen LogP contribution in [-0.2, 0) is 14.8 Å². The number of sulfonamides is 1. The summed E-state index contributed by atoms with van der Waals surface area (Å²) >= 11 is 6.13. The monoisotopic (exact) mass is 514 g/mol. The number of carbonyl (C=O) groups excluding carboxylic acids is 1. The maximum atomic E-state index is 13.4. The van der Waals surface area contributed by atoms with Gasteiger partial charge in [0, 0.05) is 5.02 Å². The molecule has 0 aromatic heterocycles. The summed E-state index contributed by atoms with van der Waals surface area (Å²) in [6.45, 7) is 4.49. The highest BCUT2D eigenvalue weighted by atomic mass is 35.5. The molecular weight excluding hydrogens is 488 g/mol. The number of benzene rings is 3. The number of nitrogens with zero attached hydrogens (tertiary/aromatic N) is 1. The fraction of sp³-hybridized carbons (Fsp3) is 0.269. The van der Waals surface area contributed by atoms with E-state index in [0.29, 0.717) is 16.6 Å². The molecule has 0 spiro atoms. The smallest absolute Gasteiger partial charge is 0.264 e. The molecule has 1 aliphatic heterocycles. The molecule has 184 valence electrons. The molecule has 9 heteroatoms. The molecular formula is C26H27ClN2O5S. The first-order valence-corrected chi connectivity index (χ1v) is 13.1. The van der Waals surface area contributed by atoms with Crippen molar-refractivity contribution in [3.63, 3.8) is 0 Å². The van der Waals surface area contributed by atoms with Crippen molar-refractivity contribution >= 4 is 33.2 Å². The molecule has 1 aliphatic rings. The number of carbonyl (C=O) groups is 1. The van der Waals surface area contributed by atoms with Crippen LogP contribution in [0.1, 0.15) is 25.3 Å². The summed E-state index contributed by atoms with van der Waals surface area (Å²) in [6.07, 6.45) is -1.04. The van der Waals surface area contributed by atoms with Gasteiger partial charge in [0.1, 0.15) is 18.1 Å². The van der Waals surface area contributed by atoms with E-state index >= 15 is 0 Å². The van der Waals surface area contributed by atoms with Crippen LogP contribution < -0.4 is 19.1 Å². The molecule has 0 unspecified atom stereocenters. The topological polar surface area (TPSA) is 84.9 Å². The van der Waals surface area contributed by atoms with E-state index in [1.165, 1.54) is 22.5 Å². The van der Waals surface area contributed by atoms with E-state index in [0.717, 1.165) is 11.3 Å². The molecule has 3 aromatic rings. The number of halogens is 1. The summed E-state index contributed by atoms with van der Waals surface area (Å²) in [5.74, 6) is 0.918. The number of anilines is 1. The third-order valence-electron chi connectivity index (χ3n) is 5.61. The Bertz CT molecular complexity index is 1300. The highest BCUT2D eigenvalue weighted by Crippen LogP contribution is 2.38. The normalized spacial score (nSPS) is 15.3. The third kappa shape index (κ3) is 5.55. The van der Waals surface area contributed by atoms with Crippen LogP contribution in [0.5, 0.6) is 11.5 Å². The number of para-hydroxylation sites is 1. The molecule has 0 saturated carbocycles. The summed E-state index contributed by atoms with van der Waals surface area (Å²) in [6, 6.07) is 20.5. The largest absolute Gasteiger partial charge is 0.491 e. The van der Waals surface area contributed by atoms with Crippen molar-refractivity contribution in [1.29, 1.82) is 0 Å². The fourth-order valence-electron chi connectivity index (χ4n) is 3.85. The molecule has 0 fully saturated rings. The van der Waals surface area contributed by atoms with Gasteiger partial charge in [-0.15, -0.1) is 0 Å². The number of hydrogen-bond acceptors (Lipinski definition) is 5. The highest BCUT2D eigenvalue weighted by Gasteiger charge is 2.37. The maximum absolute atomic E-state index is 13.4. The Morgan fingerprint density at radius 3 is 2.57 bits per heavy atom. The second kappa shape index (κ2) is 10.6. The summed E-state index contributed by atoms with van der Waals surface area (Å²) in [7, 11) is -3.94. The first-order chi connectivity index (χ1) is 16.8. The SMILES string of the molecule is CC(C)c1ccccc1OCCNC(=O)[C@@H]1CN(S(=O)(=O)c2ccccc2)c2cc(Cl)ccc2O1. The van der Waals surface area contributed by atoms with Crippen molar-refractivity contribution < 1.29 is 22.7 Å². The lowest BCUT2D eigenvalue weighted by molar-refractivity contribution is -0.127. The molecule has 4 rings (SSSR count). The molecule has 1 N–H and O–H groups in total. The van der Waals surface area contributed by atoms with Gasteiger partial charge in [0.25, 0.3) is 15.9 Å². The highest BCUT2D eigenvalue weighted by molar-refractivity contribution is 7.92. The Balaban J connectivity index is 1.47. The van der Waals surface area contributed by atoms with Gasteiger partial charge in [-0.2, -0.15) is 0 Å². The Morgan fingerprint density at radius 2 is 1.83 bits per heavy atom. The van der Waals surface area contributed by atoms with Crippen LogP contribution in [0.3, 0.4) is 0 Å². The van der Waals surface area contributed by atoms with Crippen LogP contribution in [-0.4, -0.2) is 40.1 Å². The van der Waals surface area contributed by atoms with Gasteiger partial charge in [0.05, 0.1) is 23.7 Å². The van der Waals surface area contributed by atoms with Crippen LogP contribution in [0.4, 0.5) is 5.69 Å². The molecule has 3 aromatic carbocycles. The minimum atomic E-state index is -3.94. The van der Waals surface area contributed by atoms with Crippen molar-refractivity contribution in [2.75, 3.05) is 24.0 Å². The van der Waals surface area contributed by atoms with E-state index in [4.69, 9.17) is 21.1 Å². The summed E-state index contributed by atoms with van der Waals surface area (Å²) in [4.78, 5) is 13.0. The summed E-state index contributed by atoms with van der Waals surface area (Å²) in [5, 5.41) is 3.15. The van der Waals surface area contributed by atoms with E-state index in [1.54, 1.807) is 30.3 Å². The molecule has 0 saturated heterocycles. The van der Waals surface area contributed by atoms with Crippen LogP contribution >= 0.6 is 11.6 Å². The van der Waals surface area contributed by atoms with E-state index < -0.39 is 22.0 Å². The minimum Gasteiger partial charge on any atom is -0.491 e. The zero-order chi connectivity index (χ0) is 25.0. The summed E-state index contributed by atoms with van der Waals surface area (Å²) < 4.78 is 39.7. The van der Waals surface area contributed by atoms with E-state index in [1.807, 2.05) is 24.3 Å². The second-order valence-corrected chi connectivity index (χ2v) is 10.7. The molecule has 7 nitrogen and oxygen atoms in total. The van der Waals surface area contributed by atoms with E-state index in [9.17, 15) is 13.2 Å². The van der Waals surface area contributed by atoms with Crippen molar-refractivity contribution in [2.24, 2.45) is 0 Å². The first kappa shape index (κ1) is 24.9. The van der Waals surface area contributed by atoms with Gasteiger partial charge in [-0.1, -0.05) is 61.8 Å². The lowest BCUT2D eigenvalue weighted by Gasteiger charge is -2.34. The van der Waals surface area contributed by atoms with Gasteiger partial charge in [-0.05, 0) is 47.9 Å². The quantitative estimate of drug-likeness (QED) is 0.443. The van der Waals surface area contributed by atoms with Gasteiger partial charge in [-0.25, -0.2) is 8.42 Å². The Hall–Kier alpha value is -3.23. The molecule has 1 atom stereocenters. The Kier molecular flexibility index (Phi) is 7.52. The molecule has 35 heavy (non-hydrogen) atoms. The lowest BCUT2D eigenvalue weighted by Crippen LogP contribution is -2.51. The average Bonchev–Trinajstić information content (AvgIpc) is 2.86. The predicted octanol–water partition coefficient (Wildman–Crippen LogP) is 4.61. The number of ether oxygens (including phenoxy) is 2. The third-order valence-corrected chi connectivity index (χ3v) is 7.64. The maximum Gasteiger partial charge on any atom is 0.264 e. The van der Waals surface area contributed by atoms with Gasteiger partial charge in [0.2, 0.25) is 0 Å². The Morgan fingerprint density at radius 1 is 1.11 bits per heavy atom. The van der Waals surface area contributed by atoms with Gasteiger partial charge in [0.15, 0.2) is 6.10 Å². The lowest BCUT2D eigenvalue weighted by atomic mass is 10.0. The number of rotatable bonds is 8. The standard InChI is InChI=1S/C26H27ClN2O5S/c1-18(2)21-10-6-7-11-23(21)33-15-14-28-26(30)25-17-29(22-16-19(27)12-13-24(22)34-25)35(31,32)20-8-4-3-5-9-20/h3-13,16,18,25H,14-15,17H2,1-2H3,(H,28,30)/t25-/m0/s1. The first-order valence-electron chi connectivity index (χ1n) is 11.3. The van der Waals surface area contributed by atoms with E-state index in [-0.39, 0.29) is 30.3 Å². The fourth-order valence-corrected chi connectivity index (χ4v) is 5.50. The number of amides is 1. The van der Waals surface area contributed by atoms with Crippen molar-refractivity contribution in [3.8, 4) is 11.5 Å².